The Morgan fingerprint density at radius 1 is 0.895 bits per heavy atom. The largest absolute Gasteiger partial charge is 0.324 e. The highest BCUT2D eigenvalue weighted by molar-refractivity contribution is 5.26. The van der Waals surface area contributed by atoms with E-state index in [1.165, 1.54) is 18.2 Å². The molecule has 0 fully saturated rings. The number of rotatable bonds is 3. The molecule has 1 nitrogen and oxygen atoms in total. The van der Waals surface area contributed by atoms with Gasteiger partial charge in [0.2, 0.25) is 0 Å². The van der Waals surface area contributed by atoms with Gasteiger partial charge in [0.1, 0.15) is 11.6 Å². The van der Waals surface area contributed by atoms with Gasteiger partial charge >= 0.3 is 0 Å². The Morgan fingerprint density at radius 3 is 2.26 bits per heavy atom. The van der Waals surface area contributed by atoms with Crippen LogP contribution in [0.3, 0.4) is 0 Å². The summed E-state index contributed by atoms with van der Waals surface area (Å²) in [5.41, 5.74) is 6.16. The molecule has 0 bridgehead atoms. The zero-order valence-electron chi connectivity index (χ0n) is 9.84. The van der Waals surface area contributed by atoms with Crippen LogP contribution in [-0.4, -0.2) is 0 Å². The first-order valence-corrected chi connectivity index (χ1v) is 5.62. The highest BCUT2D eigenvalue weighted by Crippen LogP contribution is 2.22. The summed E-state index contributed by atoms with van der Waals surface area (Å²) in [5, 5.41) is 0. The second-order valence-electron chi connectivity index (χ2n) is 4.23. The van der Waals surface area contributed by atoms with E-state index in [1.807, 2.05) is 0 Å². The van der Waals surface area contributed by atoms with E-state index >= 15 is 0 Å². The van der Waals surface area contributed by atoms with Crippen LogP contribution in [0.25, 0.3) is 0 Å². The summed E-state index contributed by atoms with van der Waals surface area (Å²) in [6, 6.07) is 5.96. The second kappa shape index (κ2) is 5.40. The molecule has 0 aliphatic heterocycles. The van der Waals surface area contributed by atoms with Gasteiger partial charge in [0, 0.05) is 17.7 Å². The fourth-order valence-corrected chi connectivity index (χ4v) is 1.85. The molecule has 100 valence electrons. The fourth-order valence-electron chi connectivity index (χ4n) is 1.85. The average molecular weight is 269 g/mol. The Balaban J connectivity index is 2.25. The van der Waals surface area contributed by atoms with Crippen molar-refractivity contribution < 1.29 is 17.6 Å². The number of hydrogen-bond acceptors (Lipinski definition) is 1. The van der Waals surface area contributed by atoms with E-state index in [1.54, 1.807) is 6.07 Å². The van der Waals surface area contributed by atoms with Gasteiger partial charge in [-0.3, -0.25) is 0 Å². The summed E-state index contributed by atoms with van der Waals surface area (Å²) in [7, 11) is 0. The van der Waals surface area contributed by atoms with E-state index in [0.717, 1.165) is 6.07 Å². The molecular weight excluding hydrogens is 258 g/mol. The third kappa shape index (κ3) is 3.12. The predicted octanol–water partition coefficient (Wildman–Crippen LogP) is 3.49. The Bertz CT molecular complexity index is 598. The van der Waals surface area contributed by atoms with Gasteiger partial charge in [-0.1, -0.05) is 12.1 Å². The lowest BCUT2D eigenvalue weighted by molar-refractivity contribution is 0.484. The predicted molar refractivity (Wildman–Crippen MR) is 63.3 cm³/mol. The summed E-state index contributed by atoms with van der Waals surface area (Å²) in [4.78, 5) is 0. The molecule has 0 spiro atoms. The zero-order chi connectivity index (χ0) is 14.0. The molecule has 0 aliphatic rings. The molecule has 0 amide bonds. The van der Waals surface area contributed by atoms with Crippen molar-refractivity contribution in [1.29, 1.82) is 0 Å². The second-order valence-corrected chi connectivity index (χ2v) is 4.23. The van der Waals surface area contributed by atoms with Crippen LogP contribution < -0.4 is 5.73 Å². The normalized spacial score (nSPS) is 12.5. The van der Waals surface area contributed by atoms with Crippen molar-refractivity contribution in [3.05, 3.63) is 70.8 Å². The fraction of sp³-hybridized carbons (Fsp3) is 0.143. The maximum atomic E-state index is 13.5. The lowest BCUT2D eigenvalue weighted by Gasteiger charge is -2.13. The average Bonchev–Trinajstić information content (AvgIpc) is 2.33. The van der Waals surface area contributed by atoms with Crippen LogP contribution in [0.1, 0.15) is 17.2 Å². The minimum absolute atomic E-state index is 0.125. The van der Waals surface area contributed by atoms with E-state index in [2.05, 4.69) is 0 Å². The van der Waals surface area contributed by atoms with Crippen LogP contribution in [0.4, 0.5) is 17.6 Å². The Hall–Kier alpha value is -1.88. The number of nitrogens with two attached hydrogens (primary N) is 1. The van der Waals surface area contributed by atoms with Crippen molar-refractivity contribution in [3.8, 4) is 0 Å². The molecule has 2 aromatic carbocycles. The number of hydrogen-bond donors (Lipinski definition) is 1. The van der Waals surface area contributed by atoms with Crippen molar-refractivity contribution in [2.24, 2.45) is 5.73 Å². The van der Waals surface area contributed by atoms with Crippen molar-refractivity contribution in [2.45, 2.75) is 12.5 Å². The number of benzene rings is 2. The lowest BCUT2D eigenvalue weighted by Crippen LogP contribution is -2.16. The maximum Gasteiger partial charge on any atom is 0.161 e. The number of halogens is 4. The van der Waals surface area contributed by atoms with Crippen LogP contribution in [0.15, 0.2) is 36.4 Å². The van der Waals surface area contributed by atoms with Gasteiger partial charge in [0.25, 0.3) is 0 Å². The molecule has 0 saturated carbocycles. The molecule has 0 heterocycles. The van der Waals surface area contributed by atoms with Crippen molar-refractivity contribution in [1.82, 2.24) is 0 Å². The summed E-state index contributed by atoms with van der Waals surface area (Å²) >= 11 is 0. The minimum Gasteiger partial charge on any atom is -0.324 e. The standard InChI is InChI=1S/C14H11F4N/c15-9-3-1-2-8(4-9)5-14(19)10-6-12(17)13(18)7-11(10)16/h1-4,6-7,14H,5,19H2. The maximum absolute atomic E-state index is 13.5. The SMILES string of the molecule is NC(Cc1cccc(F)c1)c1cc(F)c(F)cc1F. The third-order valence-electron chi connectivity index (χ3n) is 2.78. The van der Waals surface area contributed by atoms with E-state index in [9.17, 15) is 17.6 Å². The van der Waals surface area contributed by atoms with Gasteiger partial charge in [0.05, 0.1) is 0 Å². The lowest BCUT2D eigenvalue weighted by atomic mass is 9.99. The quantitative estimate of drug-likeness (QED) is 0.670. The monoisotopic (exact) mass is 269 g/mol. The van der Waals surface area contributed by atoms with Crippen molar-refractivity contribution >= 4 is 0 Å². The summed E-state index contributed by atoms with van der Waals surface area (Å²) in [6.07, 6.45) is 0.125. The minimum atomic E-state index is -1.26. The molecule has 2 rings (SSSR count). The van der Waals surface area contributed by atoms with Crippen LogP contribution in [0, 0.1) is 23.3 Å². The third-order valence-corrected chi connectivity index (χ3v) is 2.78. The van der Waals surface area contributed by atoms with Crippen molar-refractivity contribution in [2.75, 3.05) is 0 Å². The van der Waals surface area contributed by atoms with Crippen LogP contribution in [-0.2, 0) is 6.42 Å². The molecule has 0 aliphatic carbocycles. The van der Waals surface area contributed by atoms with E-state index in [4.69, 9.17) is 5.73 Å². The van der Waals surface area contributed by atoms with Gasteiger partial charge in [-0.05, 0) is 30.2 Å². The topological polar surface area (TPSA) is 26.0 Å². The summed E-state index contributed by atoms with van der Waals surface area (Å²) in [5.74, 6) is -3.77. The molecule has 2 aromatic rings. The first kappa shape index (κ1) is 13.5. The van der Waals surface area contributed by atoms with E-state index in [0.29, 0.717) is 11.6 Å². The van der Waals surface area contributed by atoms with Gasteiger partial charge in [0.15, 0.2) is 11.6 Å². The van der Waals surface area contributed by atoms with E-state index < -0.39 is 29.3 Å². The van der Waals surface area contributed by atoms with Crippen LogP contribution in [0.2, 0.25) is 0 Å². The molecule has 19 heavy (non-hydrogen) atoms. The first-order valence-electron chi connectivity index (χ1n) is 5.62. The molecule has 1 atom stereocenters. The summed E-state index contributed by atoms with van der Waals surface area (Å²) in [6.45, 7) is 0. The van der Waals surface area contributed by atoms with Crippen LogP contribution in [0.5, 0.6) is 0 Å². The van der Waals surface area contributed by atoms with Gasteiger partial charge in [-0.15, -0.1) is 0 Å². The molecular formula is C14H11F4N. The summed E-state index contributed by atoms with van der Waals surface area (Å²) < 4.78 is 52.4. The highest BCUT2D eigenvalue weighted by atomic mass is 19.2. The molecule has 1 unspecified atom stereocenters. The molecule has 0 radical (unpaired) electrons. The molecule has 0 aromatic heterocycles. The highest BCUT2D eigenvalue weighted by Gasteiger charge is 2.16. The Kier molecular flexibility index (Phi) is 3.85. The zero-order valence-corrected chi connectivity index (χ0v) is 9.84. The van der Waals surface area contributed by atoms with E-state index in [-0.39, 0.29) is 12.0 Å². The molecule has 5 heteroatoms. The smallest absolute Gasteiger partial charge is 0.161 e. The first-order chi connectivity index (χ1) is 8.97. The Labute approximate surface area is 107 Å². The van der Waals surface area contributed by atoms with Gasteiger partial charge < -0.3 is 5.73 Å². The van der Waals surface area contributed by atoms with Gasteiger partial charge in [-0.25, -0.2) is 17.6 Å². The van der Waals surface area contributed by atoms with Crippen molar-refractivity contribution in [3.63, 3.8) is 0 Å². The van der Waals surface area contributed by atoms with Gasteiger partial charge in [-0.2, -0.15) is 0 Å². The molecule has 0 saturated heterocycles. The Morgan fingerprint density at radius 2 is 1.58 bits per heavy atom. The van der Waals surface area contributed by atoms with Crippen LogP contribution >= 0.6 is 0 Å². The molecule has 2 N–H and O–H groups in total.